The van der Waals surface area contributed by atoms with Crippen LogP contribution in [0.1, 0.15) is 18.0 Å². The first kappa shape index (κ1) is 19.1. The first-order chi connectivity index (χ1) is 11.0. The highest BCUT2D eigenvalue weighted by Crippen LogP contribution is 2.24. The number of sulfonamides is 1. The van der Waals surface area contributed by atoms with E-state index < -0.39 is 10.0 Å². The van der Waals surface area contributed by atoms with Gasteiger partial charge in [0.2, 0.25) is 15.9 Å². The lowest BCUT2D eigenvalue weighted by atomic mass is 10.0. The summed E-state index contributed by atoms with van der Waals surface area (Å²) in [6.07, 6.45) is 0.560. The Morgan fingerprint density at radius 1 is 1.33 bits per heavy atom. The van der Waals surface area contributed by atoms with E-state index in [2.05, 4.69) is 5.32 Å². The van der Waals surface area contributed by atoms with Crippen LogP contribution in [0.2, 0.25) is 0 Å². The lowest BCUT2D eigenvalue weighted by Crippen LogP contribution is -2.51. The number of amides is 1. The molecule has 0 bridgehead atoms. The second-order valence-electron chi connectivity index (χ2n) is 5.87. The number of nitrogens with zero attached hydrogens (tertiary/aromatic N) is 2. The molecule has 0 spiro atoms. The van der Waals surface area contributed by atoms with Crippen LogP contribution >= 0.6 is 12.4 Å². The Morgan fingerprint density at radius 3 is 2.79 bits per heavy atom. The molecule has 2 heterocycles. The predicted octanol–water partition coefficient (Wildman–Crippen LogP) is 0.756. The molecule has 0 saturated carbocycles. The van der Waals surface area contributed by atoms with Gasteiger partial charge in [-0.3, -0.25) is 4.79 Å². The maximum absolute atomic E-state index is 13.5. The highest BCUT2D eigenvalue weighted by molar-refractivity contribution is 7.89. The van der Waals surface area contributed by atoms with Crippen molar-refractivity contribution >= 4 is 28.3 Å². The summed E-state index contributed by atoms with van der Waals surface area (Å²) in [4.78, 5) is 14.3. The number of halogens is 2. The second-order valence-corrected chi connectivity index (χ2v) is 7.95. The molecule has 0 radical (unpaired) electrons. The van der Waals surface area contributed by atoms with Crippen LogP contribution in [0.5, 0.6) is 0 Å². The molecule has 2 fully saturated rings. The lowest BCUT2D eigenvalue weighted by Gasteiger charge is -2.37. The smallest absolute Gasteiger partial charge is 0.238 e. The molecule has 1 amide bonds. The molecule has 2 aliphatic rings. The summed E-state index contributed by atoms with van der Waals surface area (Å²) in [5, 5.41) is 3.20. The molecule has 1 unspecified atom stereocenters. The summed E-state index contributed by atoms with van der Waals surface area (Å²) < 4.78 is 38.5. The van der Waals surface area contributed by atoms with Gasteiger partial charge >= 0.3 is 0 Å². The lowest BCUT2D eigenvalue weighted by molar-refractivity contribution is -0.134. The van der Waals surface area contributed by atoms with Crippen molar-refractivity contribution in [1.82, 2.24) is 14.5 Å². The van der Waals surface area contributed by atoms with Crippen molar-refractivity contribution in [2.45, 2.75) is 12.5 Å². The third-order valence-electron chi connectivity index (χ3n) is 4.31. The third-order valence-corrected chi connectivity index (χ3v) is 6.22. The van der Waals surface area contributed by atoms with Crippen LogP contribution < -0.4 is 5.32 Å². The van der Waals surface area contributed by atoms with Crippen LogP contribution in [0.3, 0.4) is 0 Å². The largest absolute Gasteiger partial charge is 0.332 e. The monoisotopic (exact) mass is 377 g/mol. The van der Waals surface area contributed by atoms with Gasteiger partial charge in [0, 0.05) is 26.2 Å². The van der Waals surface area contributed by atoms with E-state index in [0.717, 1.165) is 5.56 Å². The van der Waals surface area contributed by atoms with Crippen molar-refractivity contribution in [3.63, 3.8) is 0 Å². The molecule has 24 heavy (non-hydrogen) atoms. The molecular formula is C15H21ClFN3O3S. The summed E-state index contributed by atoms with van der Waals surface area (Å²) in [7, 11) is -3.30. The fourth-order valence-electron chi connectivity index (χ4n) is 3.13. The highest BCUT2D eigenvalue weighted by Gasteiger charge is 2.34. The number of carbonyl (C=O) groups excluding carboxylic acids is 1. The average molecular weight is 378 g/mol. The van der Waals surface area contributed by atoms with Gasteiger partial charge in [-0.1, -0.05) is 12.1 Å². The van der Waals surface area contributed by atoms with Crippen LogP contribution in [-0.4, -0.2) is 62.0 Å². The second kappa shape index (κ2) is 7.77. The van der Waals surface area contributed by atoms with Gasteiger partial charge in [-0.2, -0.15) is 4.31 Å². The fourth-order valence-corrected chi connectivity index (χ4v) is 4.59. The van der Waals surface area contributed by atoms with Crippen molar-refractivity contribution in [2.75, 3.05) is 38.5 Å². The van der Waals surface area contributed by atoms with Crippen LogP contribution in [-0.2, 0) is 14.8 Å². The third kappa shape index (κ3) is 4.05. The normalized spacial score (nSPS) is 23.7. The summed E-state index contributed by atoms with van der Waals surface area (Å²) in [6, 6.07) is 5.91. The van der Waals surface area contributed by atoms with Gasteiger partial charge in [0.15, 0.2) is 0 Å². The zero-order valence-corrected chi connectivity index (χ0v) is 14.8. The first-order valence-electron chi connectivity index (χ1n) is 7.71. The van der Waals surface area contributed by atoms with Gasteiger partial charge in [0.1, 0.15) is 5.82 Å². The summed E-state index contributed by atoms with van der Waals surface area (Å²) in [5.74, 6) is -0.469. The van der Waals surface area contributed by atoms with Gasteiger partial charge in [-0.05, 0) is 24.1 Å². The van der Waals surface area contributed by atoms with Crippen molar-refractivity contribution in [3.8, 4) is 0 Å². The molecule has 1 aromatic rings. The number of piperazine rings is 1. The summed E-state index contributed by atoms with van der Waals surface area (Å²) in [6.45, 7) is 1.92. The minimum absolute atomic E-state index is 0. The average Bonchev–Trinajstić information content (AvgIpc) is 2.86. The van der Waals surface area contributed by atoms with Crippen LogP contribution in [0.15, 0.2) is 24.3 Å². The molecule has 6 nitrogen and oxygen atoms in total. The number of hydrogen-bond donors (Lipinski definition) is 1. The molecule has 2 saturated heterocycles. The molecule has 0 aliphatic carbocycles. The number of nitrogens with one attached hydrogen (secondary N) is 1. The molecule has 1 N–H and O–H groups in total. The fraction of sp³-hybridized carbons (Fsp3) is 0.533. The van der Waals surface area contributed by atoms with Gasteiger partial charge in [-0.15, -0.1) is 12.4 Å². The van der Waals surface area contributed by atoms with Gasteiger partial charge < -0.3 is 10.2 Å². The molecule has 1 aromatic carbocycles. The van der Waals surface area contributed by atoms with E-state index in [9.17, 15) is 17.6 Å². The predicted molar refractivity (Wildman–Crippen MR) is 90.9 cm³/mol. The first-order valence-corrected chi connectivity index (χ1v) is 9.32. The van der Waals surface area contributed by atoms with E-state index in [1.165, 1.54) is 16.4 Å². The Hall–Kier alpha value is -1.22. The molecule has 1 atom stereocenters. The molecular weight excluding hydrogens is 357 g/mol. The van der Waals surface area contributed by atoms with Crippen molar-refractivity contribution in [1.29, 1.82) is 0 Å². The minimum atomic E-state index is -3.30. The number of hydrogen-bond acceptors (Lipinski definition) is 4. The number of rotatable bonds is 3. The van der Waals surface area contributed by atoms with Gasteiger partial charge in [0.25, 0.3) is 0 Å². The molecule has 3 rings (SSSR count). The number of carbonyl (C=O) groups is 1. The van der Waals surface area contributed by atoms with Gasteiger partial charge in [-0.25, -0.2) is 12.8 Å². The maximum atomic E-state index is 13.5. The molecule has 2 aliphatic heterocycles. The Kier molecular flexibility index (Phi) is 6.19. The Labute approximate surface area is 147 Å². The summed E-state index contributed by atoms with van der Waals surface area (Å²) >= 11 is 0. The van der Waals surface area contributed by atoms with Crippen molar-refractivity contribution < 1.29 is 17.6 Å². The van der Waals surface area contributed by atoms with E-state index in [4.69, 9.17) is 0 Å². The minimum Gasteiger partial charge on any atom is -0.332 e. The number of benzene rings is 1. The van der Waals surface area contributed by atoms with E-state index in [-0.39, 0.29) is 42.5 Å². The standard InChI is InChI=1S/C15H20FN3O3S.ClH/c16-13-4-1-3-12(9-13)14-10-17-5-7-19(14)15(20)11-18-6-2-8-23(18,21)22;/h1,3-4,9,14,17H,2,5-8,10-11H2;1H. The van der Waals surface area contributed by atoms with Crippen LogP contribution in [0.4, 0.5) is 4.39 Å². The van der Waals surface area contributed by atoms with Gasteiger partial charge in [0.05, 0.1) is 18.3 Å². The molecule has 134 valence electrons. The Morgan fingerprint density at radius 2 is 2.12 bits per heavy atom. The highest BCUT2D eigenvalue weighted by atomic mass is 35.5. The van der Waals surface area contributed by atoms with E-state index in [1.807, 2.05) is 0 Å². The van der Waals surface area contributed by atoms with Crippen molar-refractivity contribution in [3.05, 3.63) is 35.6 Å². The quantitative estimate of drug-likeness (QED) is 0.844. The van der Waals surface area contributed by atoms with E-state index >= 15 is 0 Å². The maximum Gasteiger partial charge on any atom is 0.238 e. The topological polar surface area (TPSA) is 69.7 Å². The molecule has 9 heteroatoms. The summed E-state index contributed by atoms with van der Waals surface area (Å²) in [5.41, 5.74) is 0.717. The zero-order valence-electron chi connectivity index (χ0n) is 13.2. The van der Waals surface area contributed by atoms with Crippen molar-refractivity contribution in [2.24, 2.45) is 0 Å². The van der Waals surface area contributed by atoms with E-state index in [1.54, 1.807) is 17.0 Å². The Bertz CT molecular complexity index is 701. The van der Waals surface area contributed by atoms with Crippen LogP contribution in [0, 0.1) is 5.82 Å². The van der Waals surface area contributed by atoms with Crippen LogP contribution in [0.25, 0.3) is 0 Å². The Balaban J connectivity index is 0.00000208. The van der Waals surface area contributed by atoms with E-state index in [0.29, 0.717) is 32.6 Å². The SMILES string of the molecule is Cl.O=C(CN1CCCS1(=O)=O)N1CCNCC1c1cccc(F)c1. The molecule has 0 aromatic heterocycles. The zero-order chi connectivity index (χ0) is 16.4.